The van der Waals surface area contributed by atoms with Gasteiger partial charge in [0.05, 0.1) is 32.2 Å². The van der Waals surface area contributed by atoms with Gasteiger partial charge in [-0.15, -0.1) is 0 Å². The second-order valence-corrected chi connectivity index (χ2v) is 7.12. The lowest BCUT2D eigenvalue weighted by Gasteiger charge is -2.10. The highest BCUT2D eigenvalue weighted by Crippen LogP contribution is 2.33. The highest BCUT2D eigenvalue weighted by molar-refractivity contribution is 6.31. The number of hydrogen-bond donors (Lipinski definition) is 0. The van der Waals surface area contributed by atoms with E-state index >= 15 is 0 Å². The lowest BCUT2D eigenvalue weighted by Crippen LogP contribution is -2.13. The van der Waals surface area contributed by atoms with E-state index in [4.69, 9.17) is 35.2 Å². The maximum atomic E-state index is 6.21. The van der Waals surface area contributed by atoms with Crippen LogP contribution in [0.15, 0.2) is 51.9 Å². The fourth-order valence-electron chi connectivity index (χ4n) is 3.39. The smallest absolute Gasteiger partial charge is 0.161 e. The van der Waals surface area contributed by atoms with Gasteiger partial charge in [0.15, 0.2) is 11.5 Å². The lowest BCUT2D eigenvalue weighted by atomic mass is 10.1. The van der Waals surface area contributed by atoms with Gasteiger partial charge < -0.3 is 18.6 Å². The zero-order valence-electron chi connectivity index (χ0n) is 15.9. The molecular weight excluding hydrogens is 378 g/mol. The standard InChI is InChI=1S/C22H22ClNO4/c1-25-20-7-5-14(10-22(20)26-2)21-12-18(24-13-16-4-3-9-27-16)17-11-15(23)6-8-19(17)28-21/h5-8,10-12,16H,3-4,9,13H2,1-2H3/t16-/m0/s1. The first-order valence-electron chi connectivity index (χ1n) is 9.26. The van der Waals surface area contributed by atoms with Gasteiger partial charge in [-0.2, -0.15) is 0 Å². The van der Waals surface area contributed by atoms with Crippen molar-refractivity contribution in [1.29, 1.82) is 0 Å². The van der Waals surface area contributed by atoms with Crippen LogP contribution in [0, 0.1) is 0 Å². The number of halogens is 1. The summed E-state index contributed by atoms with van der Waals surface area (Å²) in [7, 11) is 3.23. The van der Waals surface area contributed by atoms with Crippen LogP contribution in [-0.2, 0) is 4.74 Å². The highest BCUT2D eigenvalue weighted by atomic mass is 35.5. The SMILES string of the molecule is COc1ccc(-c2cc(=NC[C@@H]3CCCO3)c3cc(Cl)ccc3o2)cc1OC. The van der Waals surface area contributed by atoms with E-state index in [9.17, 15) is 0 Å². The predicted molar refractivity (Wildman–Crippen MR) is 109 cm³/mol. The molecule has 1 aromatic heterocycles. The Morgan fingerprint density at radius 2 is 1.93 bits per heavy atom. The number of rotatable bonds is 5. The largest absolute Gasteiger partial charge is 0.493 e. The number of ether oxygens (including phenoxy) is 3. The van der Waals surface area contributed by atoms with Gasteiger partial charge >= 0.3 is 0 Å². The Hall–Kier alpha value is -2.50. The van der Waals surface area contributed by atoms with Crippen molar-refractivity contribution in [3.05, 3.63) is 52.8 Å². The Labute approximate surface area is 168 Å². The monoisotopic (exact) mass is 399 g/mol. The highest BCUT2D eigenvalue weighted by Gasteiger charge is 2.15. The summed E-state index contributed by atoms with van der Waals surface area (Å²) in [6, 6.07) is 13.2. The van der Waals surface area contributed by atoms with E-state index < -0.39 is 0 Å². The van der Waals surface area contributed by atoms with Crippen molar-refractivity contribution < 1.29 is 18.6 Å². The van der Waals surface area contributed by atoms with Crippen molar-refractivity contribution in [3.63, 3.8) is 0 Å². The van der Waals surface area contributed by atoms with Crippen LogP contribution >= 0.6 is 11.6 Å². The molecule has 0 unspecified atom stereocenters. The Bertz CT molecular complexity index is 1050. The molecule has 1 saturated heterocycles. The van der Waals surface area contributed by atoms with Crippen molar-refractivity contribution in [2.75, 3.05) is 27.4 Å². The molecule has 0 saturated carbocycles. The van der Waals surface area contributed by atoms with Gasteiger partial charge in [0.25, 0.3) is 0 Å². The molecule has 0 aliphatic carbocycles. The zero-order valence-corrected chi connectivity index (χ0v) is 16.7. The average molecular weight is 400 g/mol. The molecule has 5 nitrogen and oxygen atoms in total. The quantitative estimate of drug-likeness (QED) is 0.615. The second-order valence-electron chi connectivity index (χ2n) is 6.68. The summed E-state index contributed by atoms with van der Waals surface area (Å²) in [5, 5.41) is 2.37. The van der Waals surface area contributed by atoms with Crippen molar-refractivity contribution in [2.24, 2.45) is 4.99 Å². The average Bonchev–Trinajstić information content (AvgIpc) is 3.25. The normalized spacial score (nSPS) is 17.2. The first kappa shape index (κ1) is 18.8. The summed E-state index contributed by atoms with van der Waals surface area (Å²) < 4.78 is 22.6. The maximum Gasteiger partial charge on any atom is 0.161 e. The van der Waals surface area contributed by atoms with E-state index in [-0.39, 0.29) is 6.10 Å². The van der Waals surface area contributed by atoms with Gasteiger partial charge in [0.2, 0.25) is 0 Å². The Balaban J connectivity index is 1.83. The van der Waals surface area contributed by atoms with Crippen LogP contribution in [0.4, 0.5) is 0 Å². The number of fused-ring (bicyclic) bond motifs is 1. The molecule has 1 atom stereocenters. The van der Waals surface area contributed by atoms with Gasteiger partial charge in [0, 0.05) is 28.6 Å². The van der Waals surface area contributed by atoms with Crippen molar-refractivity contribution in [1.82, 2.24) is 0 Å². The molecule has 0 radical (unpaired) electrons. The summed E-state index contributed by atoms with van der Waals surface area (Å²) in [4.78, 5) is 4.82. The minimum Gasteiger partial charge on any atom is -0.493 e. The van der Waals surface area contributed by atoms with Crippen LogP contribution in [-0.4, -0.2) is 33.5 Å². The second kappa shape index (κ2) is 8.25. The molecule has 3 aromatic rings. The lowest BCUT2D eigenvalue weighted by molar-refractivity contribution is 0.117. The van der Waals surface area contributed by atoms with Gasteiger partial charge in [-0.05, 0) is 49.2 Å². The molecule has 1 aliphatic rings. The number of hydrogen-bond acceptors (Lipinski definition) is 5. The Morgan fingerprint density at radius 1 is 1.07 bits per heavy atom. The number of benzene rings is 2. The number of nitrogens with zero attached hydrogens (tertiary/aromatic N) is 1. The molecule has 6 heteroatoms. The maximum absolute atomic E-state index is 6.21. The van der Waals surface area contributed by atoms with Gasteiger partial charge in [0.1, 0.15) is 11.3 Å². The summed E-state index contributed by atoms with van der Waals surface area (Å²) >= 11 is 6.21. The van der Waals surface area contributed by atoms with E-state index in [0.29, 0.717) is 28.8 Å². The van der Waals surface area contributed by atoms with Crippen LogP contribution in [0.3, 0.4) is 0 Å². The summed E-state index contributed by atoms with van der Waals surface area (Å²) in [6.45, 7) is 1.44. The fourth-order valence-corrected chi connectivity index (χ4v) is 3.56. The molecule has 146 valence electrons. The molecule has 1 aliphatic heterocycles. The first-order valence-corrected chi connectivity index (χ1v) is 9.63. The Morgan fingerprint density at radius 3 is 2.68 bits per heavy atom. The third-order valence-electron chi connectivity index (χ3n) is 4.86. The minimum absolute atomic E-state index is 0.177. The molecule has 0 N–H and O–H groups in total. The van der Waals surface area contributed by atoms with Crippen molar-refractivity contribution in [2.45, 2.75) is 18.9 Å². The van der Waals surface area contributed by atoms with Crippen LogP contribution < -0.4 is 14.8 Å². The molecule has 0 spiro atoms. The van der Waals surface area contributed by atoms with E-state index in [1.807, 2.05) is 42.5 Å². The molecule has 2 aromatic carbocycles. The predicted octanol–water partition coefficient (Wildman–Crippen LogP) is 4.85. The van der Waals surface area contributed by atoms with E-state index in [2.05, 4.69) is 0 Å². The molecule has 4 rings (SSSR count). The van der Waals surface area contributed by atoms with Gasteiger partial charge in [-0.25, -0.2) is 0 Å². The fraction of sp³-hybridized carbons (Fsp3) is 0.318. The summed E-state index contributed by atoms with van der Waals surface area (Å²) in [6.07, 6.45) is 2.31. The first-order chi connectivity index (χ1) is 13.7. The van der Waals surface area contributed by atoms with E-state index in [1.54, 1.807) is 14.2 Å². The van der Waals surface area contributed by atoms with Crippen LogP contribution in [0.2, 0.25) is 5.02 Å². The van der Waals surface area contributed by atoms with E-state index in [1.165, 1.54) is 0 Å². The van der Waals surface area contributed by atoms with Crippen LogP contribution in [0.1, 0.15) is 12.8 Å². The third kappa shape index (κ3) is 3.86. The Kier molecular flexibility index (Phi) is 5.55. The van der Waals surface area contributed by atoms with Crippen molar-refractivity contribution in [3.8, 4) is 22.8 Å². The molecule has 1 fully saturated rings. The van der Waals surface area contributed by atoms with Crippen molar-refractivity contribution >= 4 is 22.6 Å². The van der Waals surface area contributed by atoms with Crippen LogP contribution in [0.25, 0.3) is 22.3 Å². The molecule has 0 amide bonds. The van der Waals surface area contributed by atoms with Gasteiger partial charge in [-0.1, -0.05) is 11.6 Å². The topological polar surface area (TPSA) is 53.2 Å². The summed E-state index contributed by atoms with van der Waals surface area (Å²) in [5.74, 6) is 2.01. The van der Waals surface area contributed by atoms with Gasteiger partial charge in [-0.3, -0.25) is 4.99 Å². The molecule has 0 bridgehead atoms. The molecule has 2 heterocycles. The molecular formula is C22H22ClNO4. The molecule has 28 heavy (non-hydrogen) atoms. The third-order valence-corrected chi connectivity index (χ3v) is 5.10. The number of methoxy groups -OCH3 is 2. The van der Waals surface area contributed by atoms with Crippen LogP contribution in [0.5, 0.6) is 11.5 Å². The van der Waals surface area contributed by atoms with E-state index in [0.717, 1.165) is 41.3 Å². The summed E-state index contributed by atoms with van der Waals surface area (Å²) in [5.41, 5.74) is 1.60. The minimum atomic E-state index is 0.177. The zero-order chi connectivity index (χ0) is 19.5.